The van der Waals surface area contributed by atoms with E-state index in [1.165, 1.54) is 19.2 Å². The highest BCUT2D eigenvalue weighted by Gasteiger charge is 2.31. The molecule has 0 radical (unpaired) electrons. The number of halogens is 1. The minimum absolute atomic E-state index is 0.125. The van der Waals surface area contributed by atoms with Crippen molar-refractivity contribution in [3.8, 4) is 5.88 Å². The summed E-state index contributed by atoms with van der Waals surface area (Å²) in [5, 5.41) is 9.75. The summed E-state index contributed by atoms with van der Waals surface area (Å²) in [6, 6.07) is 8.06. The van der Waals surface area contributed by atoms with Crippen LogP contribution >= 0.6 is 0 Å². The average molecular weight is 318 g/mol. The molecule has 2 aromatic rings. The second-order valence-electron chi connectivity index (χ2n) is 5.71. The van der Waals surface area contributed by atoms with Crippen molar-refractivity contribution in [3.63, 3.8) is 0 Å². The number of rotatable bonds is 4. The molecule has 6 nitrogen and oxygen atoms in total. The highest BCUT2D eigenvalue weighted by molar-refractivity contribution is 5.88. The summed E-state index contributed by atoms with van der Waals surface area (Å²) in [6.45, 7) is 0. The van der Waals surface area contributed by atoms with Gasteiger partial charge in [-0.3, -0.25) is 5.32 Å². The Labute approximate surface area is 133 Å². The largest absolute Gasteiger partial charge is 0.480 e. The van der Waals surface area contributed by atoms with Gasteiger partial charge in [0.1, 0.15) is 11.6 Å². The van der Waals surface area contributed by atoms with Gasteiger partial charge in [0.05, 0.1) is 7.11 Å². The second kappa shape index (κ2) is 6.28. The summed E-state index contributed by atoms with van der Waals surface area (Å²) in [7, 11) is 3.25. The third-order valence-electron chi connectivity index (χ3n) is 4.12. The SMILES string of the molecule is COc1cc(NC(=O)NC2CC(c3ccc(F)cc3)C2)n(C)n1. The molecular weight excluding hydrogens is 299 g/mol. The molecule has 2 N–H and O–H groups in total. The first-order chi connectivity index (χ1) is 11.0. The second-order valence-corrected chi connectivity index (χ2v) is 5.71. The number of hydrogen-bond donors (Lipinski definition) is 2. The molecule has 3 rings (SSSR count). The van der Waals surface area contributed by atoms with Gasteiger partial charge in [-0.2, -0.15) is 0 Å². The Kier molecular flexibility index (Phi) is 4.18. The number of amides is 2. The fraction of sp³-hybridized carbons (Fsp3) is 0.375. The smallest absolute Gasteiger partial charge is 0.320 e. The maximum absolute atomic E-state index is 12.9. The van der Waals surface area contributed by atoms with Gasteiger partial charge >= 0.3 is 6.03 Å². The van der Waals surface area contributed by atoms with Gasteiger partial charge in [-0.15, -0.1) is 5.10 Å². The molecular formula is C16H19FN4O2. The summed E-state index contributed by atoms with van der Waals surface area (Å²) in [4.78, 5) is 12.0. The van der Waals surface area contributed by atoms with Crippen LogP contribution in [0.15, 0.2) is 30.3 Å². The Hall–Kier alpha value is -2.57. The number of aryl methyl sites for hydroxylation is 1. The quantitative estimate of drug-likeness (QED) is 0.910. The van der Waals surface area contributed by atoms with Crippen LogP contribution in [0.2, 0.25) is 0 Å². The Bertz CT molecular complexity index is 693. The maximum atomic E-state index is 12.9. The number of nitrogens with zero attached hydrogens (tertiary/aromatic N) is 2. The Morgan fingerprint density at radius 1 is 1.35 bits per heavy atom. The Morgan fingerprint density at radius 3 is 2.65 bits per heavy atom. The fourth-order valence-corrected chi connectivity index (χ4v) is 2.74. The van der Waals surface area contributed by atoms with Crippen LogP contribution in [0.4, 0.5) is 15.0 Å². The third-order valence-corrected chi connectivity index (χ3v) is 4.12. The number of benzene rings is 1. The van der Waals surface area contributed by atoms with Crippen LogP contribution in [0, 0.1) is 5.82 Å². The van der Waals surface area contributed by atoms with Gasteiger partial charge < -0.3 is 10.1 Å². The minimum atomic E-state index is -0.266. The van der Waals surface area contributed by atoms with Crippen molar-refractivity contribution < 1.29 is 13.9 Å². The number of ether oxygens (including phenoxy) is 1. The molecule has 1 aromatic carbocycles. The third kappa shape index (κ3) is 3.44. The molecule has 0 saturated heterocycles. The zero-order valence-corrected chi connectivity index (χ0v) is 13.0. The summed E-state index contributed by atoms with van der Waals surface area (Å²) in [6.07, 6.45) is 1.71. The average Bonchev–Trinajstić information content (AvgIpc) is 2.84. The number of aromatic nitrogens is 2. The summed E-state index contributed by atoms with van der Waals surface area (Å²) >= 11 is 0. The van der Waals surface area contributed by atoms with E-state index in [-0.39, 0.29) is 17.9 Å². The molecule has 0 aliphatic heterocycles. The number of anilines is 1. The van der Waals surface area contributed by atoms with Gasteiger partial charge in [-0.05, 0) is 36.5 Å². The maximum Gasteiger partial charge on any atom is 0.320 e. The molecule has 0 bridgehead atoms. The number of hydrogen-bond acceptors (Lipinski definition) is 3. The van der Waals surface area contributed by atoms with Crippen molar-refractivity contribution in [1.29, 1.82) is 0 Å². The first-order valence-corrected chi connectivity index (χ1v) is 7.46. The number of methoxy groups -OCH3 is 1. The normalized spacial score (nSPS) is 19.8. The minimum Gasteiger partial charge on any atom is -0.480 e. The molecule has 1 heterocycles. The van der Waals surface area contributed by atoms with E-state index in [2.05, 4.69) is 15.7 Å². The van der Waals surface area contributed by atoms with Crippen molar-refractivity contribution in [2.45, 2.75) is 24.8 Å². The Morgan fingerprint density at radius 2 is 2.04 bits per heavy atom. The molecule has 0 atom stereocenters. The first-order valence-electron chi connectivity index (χ1n) is 7.46. The van der Waals surface area contributed by atoms with Crippen LogP contribution in [0.5, 0.6) is 5.88 Å². The molecule has 1 fully saturated rings. The first kappa shape index (κ1) is 15.3. The zero-order chi connectivity index (χ0) is 16.4. The lowest BCUT2D eigenvalue weighted by atomic mass is 9.76. The van der Waals surface area contributed by atoms with E-state index in [1.54, 1.807) is 29.9 Å². The summed E-state index contributed by atoms with van der Waals surface area (Å²) < 4.78 is 19.5. The number of carbonyl (C=O) groups excluding carboxylic acids is 1. The highest BCUT2D eigenvalue weighted by atomic mass is 19.1. The van der Waals surface area contributed by atoms with Crippen molar-refractivity contribution in [1.82, 2.24) is 15.1 Å². The van der Waals surface area contributed by atoms with Gasteiger partial charge in [0.25, 0.3) is 0 Å². The summed E-state index contributed by atoms with van der Waals surface area (Å²) in [5.74, 6) is 1.16. The van der Waals surface area contributed by atoms with E-state index in [1.807, 2.05) is 0 Å². The lowest BCUT2D eigenvalue weighted by molar-refractivity contribution is 0.233. The predicted molar refractivity (Wildman–Crippen MR) is 84.1 cm³/mol. The standard InChI is InChI=1S/C16H19FN4O2/c1-21-14(9-15(20-21)23-2)19-16(22)18-13-7-11(8-13)10-3-5-12(17)6-4-10/h3-6,9,11,13H,7-8H2,1-2H3,(H2,18,19,22). The lowest BCUT2D eigenvalue weighted by Gasteiger charge is -2.36. The van der Waals surface area contributed by atoms with Gasteiger partial charge in [0, 0.05) is 19.2 Å². The van der Waals surface area contributed by atoms with Gasteiger partial charge in [0.15, 0.2) is 0 Å². The number of urea groups is 1. The molecule has 0 spiro atoms. The molecule has 1 saturated carbocycles. The van der Waals surface area contributed by atoms with Crippen LogP contribution in [0.1, 0.15) is 24.3 Å². The van der Waals surface area contributed by atoms with E-state index in [0.29, 0.717) is 17.6 Å². The van der Waals surface area contributed by atoms with Gasteiger partial charge in [-0.25, -0.2) is 13.9 Å². The van der Waals surface area contributed by atoms with Crippen molar-refractivity contribution in [2.24, 2.45) is 7.05 Å². The molecule has 122 valence electrons. The lowest BCUT2D eigenvalue weighted by Crippen LogP contribution is -2.45. The van der Waals surface area contributed by atoms with E-state index < -0.39 is 0 Å². The van der Waals surface area contributed by atoms with Crippen LogP contribution in [0.25, 0.3) is 0 Å². The number of carbonyl (C=O) groups is 1. The van der Waals surface area contributed by atoms with E-state index in [4.69, 9.17) is 4.74 Å². The zero-order valence-electron chi connectivity index (χ0n) is 13.0. The monoisotopic (exact) mass is 318 g/mol. The van der Waals surface area contributed by atoms with Crippen molar-refractivity contribution in [2.75, 3.05) is 12.4 Å². The number of nitrogens with one attached hydrogen (secondary N) is 2. The molecule has 7 heteroatoms. The summed E-state index contributed by atoms with van der Waals surface area (Å²) in [5.41, 5.74) is 1.11. The van der Waals surface area contributed by atoms with E-state index >= 15 is 0 Å². The van der Waals surface area contributed by atoms with E-state index in [0.717, 1.165) is 18.4 Å². The molecule has 23 heavy (non-hydrogen) atoms. The molecule has 1 aliphatic rings. The molecule has 1 aliphatic carbocycles. The van der Waals surface area contributed by atoms with E-state index in [9.17, 15) is 9.18 Å². The van der Waals surface area contributed by atoms with Crippen LogP contribution in [-0.2, 0) is 7.05 Å². The van der Waals surface area contributed by atoms with Gasteiger partial charge in [-0.1, -0.05) is 12.1 Å². The fourth-order valence-electron chi connectivity index (χ4n) is 2.74. The highest BCUT2D eigenvalue weighted by Crippen LogP contribution is 2.36. The van der Waals surface area contributed by atoms with Crippen LogP contribution in [0.3, 0.4) is 0 Å². The Balaban J connectivity index is 1.48. The molecule has 2 amide bonds. The molecule has 1 aromatic heterocycles. The van der Waals surface area contributed by atoms with Crippen molar-refractivity contribution in [3.05, 3.63) is 41.7 Å². The topological polar surface area (TPSA) is 68.2 Å². The van der Waals surface area contributed by atoms with Crippen LogP contribution in [-0.4, -0.2) is 29.0 Å². The van der Waals surface area contributed by atoms with Crippen LogP contribution < -0.4 is 15.4 Å². The molecule has 0 unspecified atom stereocenters. The van der Waals surface area contributed by atoms with Crippen molar-refractivity contribution >= 4 is 11.8 Å². The van der Waals surface area contributed by atoms with Gasteiger partial charge in [0.2, 0.25) is 5.88 Å². The predicted octanol–water partition coefficient (Wildman–Crippen LogP) is 2.64.